The fourth-order valence-corrected chi connectivity index (χ4v) is 4.09. The number of benzene rings is 1. The molecule has 166 valence electrons. The Morgan fingerprint density at radius 2 is 1.91 bits per heavy atom. The lowest BCUT2D eigenvalue weighted by Crippen LogP contribution is -2.30. The van der Waals surface area contributed by atoms with Crippen LogP contribution in [-0.4, -0.2) is 49.9 Å². The number of carbonyl (C=O) groups excluding carboxylic acids is 2. The zero-order valence-electron chi connectivity index (χ0n) is 17.8. The van der Waals surface area contributed by atoms with Crippen LogP contribution in [0.4, 0.5) is 16.0 Å². The lowest BCUT2D eigenvalue weighted by molar-refractivity contribution is -0.129. The zero-order valence-corrected chi connectivity index (χ0v) is 18.5. The number of fused-ring (bicyclic) bond motifs is 2. The molecule has 5 rings (SSSR count). The number of carbonyl (C=O) groups is 2. The number of ketones is 1. The van der Waals surface area contributed by atoms with E-state index in [4.69, 9.17) is 11.6 Å². The Balaban J connectivity index is 1.53. The summed E-state index contributed by atoms with van der Waals surface area (Å²) in [4.78, 5) is 34.3. The first-order valence-corrected chi connectivity index (χ1v) is 10.5. The number of likely N-dealkylation sites (N-methyl/N-ethyl adjacent to an activating group) is 1. The maximum absolute atomic E-state index is 15.0. The van der Waals surface area contributed by atoms with Crippen LogP contribution in [0.25, 0.3) is 21.9 Å². The van der Waals surface area contributed by atoms with Gasteiger partial charge in [-0.2, -0.15) is 5.10 Å². The van der Waals surface area contributed by atoms with Gasteiger partial charge >= 0.3 is 0 Å². The second-order valence-corrected chi connectivity index (χ2v) is 8.28. The van der Waals surface area contributed by atoms with Crippen molar-refractivity contribution in [1.82, 2.24) is 24.6 Å². The van der Waals surface area contributed by atoms with E-state index in [0.717, 1.165) is 5.56 Å². The van der Waals surface area contributed by atoms with Crippen LogP contribution in [-0.2, 0) is 11.3 Å². The van der Waals surface area contributed by atoms with Crippen molar-refractivity contribution in [2.24, 2.45) is 0 Å². The van der Waals surface area contributed by atoms with Gasteiger partial charge in [-0.05, 0) is 36.1 Å². The van der Waals surface area contributed by atoms with Gasteiger partial charge in [0.05, 0.1) is 11.6 Å². The number of Topliss-reactive ketones (excluding diaryl/α,β-unsaturated/α-hetero) is 1. The third-order valence-corrected chi connectivity index (χ3v) is 6.01. The average Bonchev–Trinajstić information content (AvgIpc) is 3.14. The van der Waals surface area contributed by atoms with Crippen molar-refractivity contribution in [3.8, 4) is 11.1 Å². The molecule has 0 saturated carbocycles. The maximum Gasteiger partial charge on any atom is 0.244 e. The number of nitrogens with zero attached hydrogens (tertiary/aromatic N) is 5. The van der Waals surface area contributed by atoms with Crippen LogP contribution in [0.2, 0.25) is 5.02 Å². The summed E-state index contributed by atoms with van der Waals surface area (Å²) < 4.78 is 16.4. The molecule has 0 atom stereocenters. The first-order valence-electron chi connectivity index (χ1n) is 10.1. The summed E-state index contributed by atoms with van der Waals surface area (Å²) in [5, 5.41) is 8.51. The minimum absolute atomic E-state index is 0.00120. The molecule has 4 heterocycles. The number of aryl methyl sites for hydroxylation is 1. The summed E-state index contributed by atoms with van der Waals surface area (Å²) in [5.74, 6) is -0.124. The quantitative estimate of drug-likeness (QED) is 0.492. The monoisotopic (exact) mass is 464 g/mol. The molecule has 1 aromatic carbocycles. The standard InChI is InChI=1S/C23H18ClFN6O2/c1-12-3-4-26-8-15(12)14-5-13-6-19(27-9-16(13)22(24)23(14)25)28-20-7-17-18(32)10-30(2)21(33)11-31(17)29-20/h3-9H,10-11H2,1-2H3,(H,27,28,29). The third kappa shape index (κ3) is 3.70. The highest BCUT2D eigenvalue weighted by Gasteiger charge is 2.25. The summed E-state index contributed by atoms with van der Waals surface area (Å²) in [6.45, 7) is 1.85. The van der Waals surface area contributed by atoms with Crippen LogP contribution < -0.4 is 5.32 Å². The third-order valence-electron chi connectivity index (χ3n) is 5.64. The minimum atomic E-state index is -0.534. The first kappa shape index (κ1) is 21.0. The van der Waals surface area contributed by atoms with E-state index in [1.54, 1.807) is 43.7 Å². The molecule has 0 saturated heterocycles. The van der Waals surface area contributed by atoms with E-state index in [2.05, 4.69) is 20.4 Å². The predicted molar refractivity (Wildman–Crippen MR) is 122 cm³/mol. The number of halogens is 2. The van der Waals surface area contributed by atoms with Crippen molar-refractivity contribution in [3.05, 3.63) is 65.0 Å². The number of hydrogen-bond acceptors (Lipinski definition) is 6. The molecule has 1 N–H and O–H groups in total. The highest BCUT2D eigenvalue weighted by molar-refractivity contribution is 6.36. The topological polar surface area (TPSA) is 93.0 Å². The highest BCUT2D eigenvalue weighted by atomic mass is 35.5. The predicted octanol–water partition coefficient (Wildman–Crippen LogP) is 3.99. The number of hydrogen-bond donors (Lipinski definition) is 1. The molecule has 1 aliphatic heterocycles. The number of rotatable bonds is 3. The SMILES string of the molecule is Cc1ccncc1-c1cc2cc(Nc3cc4n(n3)CC(=O)N(C)CC4=O)ncc2c(Cl)c1F. The largest absolute Gasteiger partial charge is 0.336 e. The van der Waals surface area contributed by atoms with E-state index in [1.807, 2.05) is 6.92 Å². The maximum atomic E-state index is 15.0. The van der Waals surface area contributed by atoms with Crippen molar-refractivity contribution < 1.29 is 14.0 Å². The second-order valence-electron chi connectivity index (χ2n) is 7.90. The normalized spacial score (nSPS) is 13.9. The van der Waals surface area contributed by atoms with Crippen molar-refractivity contribution >= 4 is 45.7 Å². The molecule has 4 aromatic rings. The van der Waals surface area contributed by atoms with Gasteiger partial charge < -0.3 is 10.2 Å². The van der Waals surface area contributed by atoms with Gasteiger partial charge in [-0.3, -0.25) is 19.3 Å². The van der Waals surface area contributed by atoms with Crippen molar-refractivity contribution in [2.45, 2.75) is 13.5 Å². The molecule has 0 unspecified atom stereocenters. The Kier molecular flexibility index (Phi) is 5.05. The van der Waals surface area contributed by atoms with E-state index >= 15 is 4.39 Å². The van der Waals surface area contributed by atoms with E-state index in [9.17, 15) is 9.59 Å². The molecule has 1 aliphatic rings. The molecule has 0 fully saturated rings. The molecule has 33 heavy (non-hydrogen) atoms. The van der Waals surface area contributed by atoms with Crippen LogP contribution in [0.1, 0.15) is 16.1 Å². The Bertz CT molecular complexity index is 1450. The number of pyridine rings is 2. The molecular weight excluding hydrogens is 447 g/mol. The summed E-state index contributed by atoms with van der Waals surface area (Å²) in [6.07, 6.45) is 4.73. The first-order chi connectivity index (χ1) is 15.8. The molecule has 1 amide bonds. The molecule has 0 radical (unpaired) electrons. The lowest BCUT2D eigenvalue weighted by atomic mass is 9.99. The van der Waals surface area contributed by atoms with Gasteiger partial charge in [0.25, 0.3) is 0 Å². The lowest BCUT2D eigenvalue weighted by Gasteiger charge is -2.12. The number of nitrogens with one attached hydrogen (secondary N) is 1. The summed E-state index contributed by atoms with van der Waals surface area (Å²) >= 11 is 6.33. The summed E-state index contributed by atoms with van der Waals surface area (Å²) in [7, 11) is 1.58. The molecule has 0 aliphatic carbocycles. The van der Waals surface area contributed by atoms with Crippen LogP contribution in [0.5, 0.6) is 0 Å². The van der Waals surface area contributed by atoms with Gasteiger partial charge in [0.2, 0.25) is 5.91 Å². The van der Waals surface area contributed by atoms with Gasteiger partial charge in [0.15, 0.2) is 11.6 Å². The van der Waals surface area contributed by atoms with Gasteiger partial charge in [-0.1, -0.05) is 11.6 Å². The Morgan fingerprint density at radius 3 is 2.70 bits per heavy atom. The van der Waals surface area contributed by atoms with Crippen molar-refractivity contribution in [3.63, 3.8) is 0 Å². The molecule has 8 nitrogen and oxygen atoms in total. The minimum Gasteiger partial charge on any atom is -0.336 e. The molecule has 0 bridgehead atoms. The van der Waals surface area contributed by atoms with Crippen molar-refractivity contribution in [2.75, 3.05) is 18.9 Å². The van der Waals surface area contributed by atoms with Gasteiger partial charge in [-0.15, -0.1) is 0 Å². The van der Waals surface area contributed by atoms with Crippen LogP contribution in [0, 0.1) is 12.7 Å². The number of anilines is 2. The van der Waals surface area contributed by atoms with Crippen LogP contribution in [0.3, 0.4) is 0 Å². The van der Waals surface area contributed by atoms with E-state index in [-0.39, 0.29) is 29.8 Å². The summed E-state index contributed by atoms with van der Waals surface area (Å²) in [6, 6.07) is 6.82. The van der Waals surface area contributed by atoms with Gasteiger partial charge in [-0.25, -0.2) is 9.37 Å². The summed E-state index contributed by atoms with van der Waals surface area (Å²) in [5.41, 5.74) is 2.21. The second kappa shape index (κ2) is 7.93. The number of amides is 1. The highest BCUT2D eigenvalue weighted by Crippen LogP contribution is 2.36. The van der Waals surface area contributed by atoms with Crippen LogP contribution in [0.15, 0.2) is 42.9 Å². The van der Waals surface area contributed by atoms with Crippen LogP contribution >= 0.6 is 11.6 Å². The fraction of sp³-hybridized carbons (Fsp3) is 0.174. The van der Waals surface area contributed by atoms with Gasteiger partial charge in [0, 0.05) is 48.2 Å². The van der Waals surface area contributed by atoms with Gasteiger partial charge in [0.1, 0.15) is 23.9 Å². The fourth-order valence-electron chi connectivity index (χ4n) is 3.83. The molecular formula is C23H18ClFN6O2. The van der Waals surface area contributed by atoms with E-state index < -0.39 is 5.82 Å². The zero-order chi connectivity index (χ0) is 23.3. The molecule has 3 aromatic heterocycles. The van der Waals surface area contributed by atoms with Crippen molar-refractivity contribution in [1.29, 1.82) is 0 Å². The van der Waals surface area contributed by atoms with E-state index in [0.29, 0.717) is 39.2 Å². The average molecular weight is 465 g/mol. The molecule has 0 spiro atoms. The number of aromatic nitrogens is 4. The Morgan fingerprint density at radius 1 is 1.09 bits per heavy atom. The van der Waals surface area contributed by atoms with E-state index in [1.165, 1.54) is 15.8 Å². The Hall–Kier alpha value is -3.85. The Labute approximate surface area is 193 Å². The molecule has 10 heteroatoms. The smallest absolute Gasteiger partial charge is 0.244 e.